The van der Waals surface area contributed by atoms with Gasteiger partial charge in [0.05, 0.1) is 12.1 Å². The van der Waals surface area contributed by atoms with E-state index in [1.54, 1.807) is 0 Å². The molecule has 1 saturated heterocycles. The van der Waals surface area contributed by atoms with Crippen LogP contribution in [0.5, 0.6) is 0 Å². The van der Waals surface area contributed by atoms with Crippen molar-refractivity contribution in [3.8, 4) is 0 Å². The van der Waals surface area contributed by atoms with Crippen molar-refractivity contribution in [1.29, 1.82) is 0 Å². The second kappa shape index (κ2) is 5.47. The van der Waals surface area contributed by atoms with Gasteiger partial charge in [-0.1, -0.05) is 6.92 Å². The Morgan fingerprint density at radius 3 is 2.80 bits per heavy atom. The Kier molecular flexibility index (Phi) is 4.54. The predicted molar refractivity (Wildman–Crippen MR) is 59.7 cm³/mol. The highest BCUT2D eigenvalue weighted by molar-refractivity contribution is 5.85. The van der Waals surface area contributed by atoms with E-state index in [1.807, 2.05) is 20.8 Å². The van der Waals surface area contributed by atoms with Crippen LogP contribution in [0, 0.1) is 5.92 Å². The molecule has 0 aromatic heterocycles. The van der Waals surface area contributed by atoms with Crippen LogP contribution in [0.4, 0.5) is 0 Å². The van der Waals surface area contributed by atoms with Crippen molar-refractivity contribution in [2.75, 3.05) is 26.3 Å². The maximum atomic E-state index is 11.8. The van der Waals surface area contributed by atoms with Crippen molar-refractivity contribution in [2.24, 2.45) is 5.92 Å². The summed E-state index contributed by atoms with van der Waals surface area (Å²) in [7, 11) is 0. The Balaban J connectivity index is 2.27. The molecule has 0 saturated carbocycles. The maximum Gasteiger partial charge on any atom is 0.239 e. The molecular formula is C11H22N2O2. The lowest BCUT2D eigenvalue weighted by atomic mass is 10.0. The molecule has 2 N–H and O–H groups in total. The second-order valence-corrected chi connectivity index (χ2v) is 4.59. The van der Waals surface area contributed by atoms with Crippen LogP contribution < -0.4 is 10.6 Å². The van der Waals surface area contributed by atoms with Gasteiger partial charge in [-0.05, 0) is 26.8 Å². The van der Waals surface area contributed by atoms with Crippen LogP contribution in [0.25, 0.3) is 0 Å². The highest BCUT2D eigenvalue weighted by atomic mass is 16.5. The third kappa shape index (κ3) is 3.80. The van der Waals surface area contributed by atoms with E-state index in [-0.39, 0.29) is 5.91 Å². The van der Waals surface area contributed by atoms with Crippen molar-refractivity contribution < 1.29 is 9.53 Å². The molecule has 1 amide bonds. The van der Waals surface area contributed by atoms with Gasteiger partial charge in [-0.3, -0.25) is 4.79 Å². The van der Waals surface area contributed by atoms with Gasteiger partial charge in [0.1, 0.15) is 0 Å². The van der Waals surface area contributed by atoms with E-state index in [1.165, 1.54) is 0 Å². The first-order valence-corrected chi connectivity index (χ1v) is 5.67. The fourth-order valence-electron chi connectivity index (χ4n) is 1.72. The second-order valence-electron chi connectivity index (χ2n) is 4.59. The SMILES string of the molecule is CCNC(C)(C)C(=O)NCC1CCOC1. The zero-order valence-corrected chi connectivity index (χ0v) is 9.93. The number of likely N-dealkylation sites (N-methyl/N-ethyl adjacent to an activating group) is 1. The van der Waals surface area contributed by atoms with Crippen molar-refractivity contribution in [2.45, 2.75) is 32.7 Å². The van der Waals surface area contributed by atoms with Crippen LogP contribution in [0.2, 0.25) is 0 Å². The van der Waals surface area contributed by atoms with E-state index in [0.29, 0.717) is 5.92 Å². The summed E-state index contributed by atoms with van der Waals surface area (Å²) >= 11 is 0. The highest BCUT2D eigenvalue weighted by Crippen LogP contribution is 2.11. The number of nitrogens with one attached hydrogen (secondary N) is 2. The van der Waals surface area contributed by atoms with Gasteiger partial charge in [0.25, 0.3) is 0 Å². The van der Waals surface area contributed by atoms with Gasteiger partial charge in [-0.25, -0.2) is 0 Å². The van der Waals surface area contributed by atoms with Crippen LogP contribution in [0.15, 0.2) is 0 Å². The first kappa shape index (κ1) is 12.5. The molecule has 4 heteroatoms. The smallest absolute Gasteiger partial charge is 0.239 e. The largest absolute Gasteiger partial charge is 0.381 e. The van der Waals surface area contributed by atoms with Gasteiger partial charge in [-0.2, -0.15) is 0 Å². The Morgan fingerprint density at radius 1 is 1.53 bits per heavy atom. The molecule has 0 aromatic carbocycles. The van der Waals surface area contributed by atoms with E-state index in [9.17, 15) is 4.79 Å². The number of carbonyl (C=O) groups is 1. The number of amides is 1. The molecular weight excluding hydrogens is 192 g/mol. The standard InChI is InChI=1S/C11H22N2O2/c1-4-13-11(2,3)10(14)12-7-9-5-6-15-8-9/h9,13H,4-8H2,1-3H3,(H,12,14). The third-order valence-corrected chi connectivity index (χ3v) is 2.76. The number of ether oxygens (including phenoxy) is 1. The summed E-state index contributed by atoms with van der Waals surface area (Å²) in [4.78, 5) is 11.8. The quantitative estimate of drug-likeness (QED) is 0.702. The molecule has 88 valence electrons. The zero-order valence-electron chi connectivity index (χ0n) is 9.93. The minimum absolute atomic E-state index is 0.0660. The van der Waals surface area contributed by atoms with Crippen LogP contribution in [0.3, 0.4) is 0 Å². The van der Waals surface area contributed by atoms with E-state index in [2.05, 4.69) is 10.6 Å². The molecule has 15 heavy (non-hydrogen) atoms. The lowest BCUT2D eigenvalue weighted by Gasteiger charge is -2.25. The average Bonchev–Trinajstić information content (AvgIpc) is 2.66. The van der Waals surface area contributed by atoms with E-state index >= 15 is 0 Å². The number of hydrogen-bond donors (Lipinski definition) is 2. The number of hydrogen-bond acceptors (Lipinski definition) is 3. The molecule has 0 radical (unpaired) electrons. The Hall–Kier alpha value is -0.610. The topological polar surface area (TPSA) is 50.4 Å². The van der Waals surface area contributed by atoms with Gasteiger partial charge in [0, 0.05) is 19.1 Å². The summed E-state index contributed by atoms with van der Waals surface area (Å²) in [5.41, 5.74) is -0.478. The van der Waals surface area contributed by atoms with Gasteiger partial charge < -0.3 is 15.4 Å². The fourth-order valence-corrected chi connectivity index (χ4v) is 1.72. The molecule has 1 rings (SSSR count). The van der Waals surface area contributed by atoms with Crippen LogP contribution in [-0.2, 0) is 9.53 Å². The monoisotopic (exact) mass is 214 g/mol. The van der Waals surface area contributed by atoms with Gasteiger partial charge >= 0.3 is 0 Å². The Bertz CT molecular complexity index is 211. The van der Waals surface area contributed by atoms with Crippen LogP contribution in [-0.4, -0.2) is 37.7 Å². The molecule has 1 heterocycles. The Morgan fingerprint density at radius 2 is 2.27 bits per heavy atom. The maximum absolute atomic E-state index is 11.8. The zero-order chi connectivity index (χ0) is 11.3. The molecule has 0 spiro atoms. The third-order valence-electron chi connectivity index (χ3n) is 2.76. The molecule has 0 aliphatic carbocycles. The average molecular weight is 214 g/mol. The summed E-state index contributed by atoms with van der Waals surface area (Å²) in [6.45, 7) is 8.94. The van der Waals surface area contributed by atoms with Crippen molar-refractivity contribution in [3.05, 3.63) is 0 Å². The van der Waals surface area contributed by atoms with Gasteiger partial charge in [0.2, 0.25) is 5.91 Å². The number of carbonyl (C=O) groups excluding carboxylic acids is 1. The lowest BCUT2D eigenvalue weighted by Crippen LogP contribution is -2.53. The summed E-state index contributed by atoms with van der Waals surface area (Å²) in [5.74, 6) is 0.558. The summed E-state index contributed by atoms with van der Waals surface area (Å²) < 4.78 is 5.26. The van der Waals surface area contributed by atoms with Gasteiger partial charge in [-0.15, -0.1) is 0 Å². The van der Waals surface area contributed by atoms with E-state index < -0.39 is 5.54 Å². The number of rotatable bonds is 5. The summed E-state index contributed by atoms with van der Waals surface area (Å²) in [6, 6.07) is 0. The highest BCUT2D eigenvalue weighted by Gasteiger charge is 2.27. The molecule has 4 nitrogen and oxygen atoms in total. The molecule has 1 atom stereocenters. The predicted octanol–water partition coefficient (Wildman–Crippen LogP) is 0.527. The van der Waals surface area contributed by atoms with Crippen molar-refractivity contribution in [3.63, 3.8) is 0 Å². The van der Waals surface area contributed by atoms with Crippen LogP contribution in [0.1, 0.15) is 27.2 Å². The van der Waals surface area contributed by atoms with E-state index in [4.69, 9.17) is 4.74 Å². The normalized spacial score (nSPS) is 21.7. The van der Waals surface area contributed by atoms with Crippen molar-refractivity contribution in [1.82, 2.24) is 10.6 Å². The molecule has 0 aromatic rings. The lowest BCUT2D eigenvalue weighted by molar-refractivity contribution is -0.126. The Labute approximate surface area is 91.8 Å². The van der Waals surface area contributed by atoms with Crippen LogP contribution >= 0.6 is 0 Å². The molecule has 1 aliphatic heterocycles. The van der Waals surface area contributed by atoms with Crippen molar-refractivity contribution >= 4 is 5.91 Å². The summed E-state index contributed by atoms with van der Waals surface area (Å²) in [6.07, 6.45) is 1.06. The molecule has 1 fully saturated rings. The minimum Gasteiger partial charge on any atom is -0.381 e. The van der Waals surface area contributed by atoms with E-state index in [0.717, 1.165) is 32.7 Å². The first-order chi connectivity index (χ1) is 7.06. The molecule has 1 aliphatic rings. The first-order valence-electron chi connectivity index (χ1n) is 5.67. The summed E-state index contributed by atoms with van der Waals surface area (Å²) in [5, 5.41) is 6.12. The molecule has 0 bridgehead atoms. The fraction of sp³-hybridized carbons (Fsp3) is 0.909. The minimum atomic E-state index is -0.478. The molecule has 1 unspecified atom stereocenters. The van der Waals surface area contributed by atoms with Gasteiger partial charge in [0.15, 0.2) is 0 Å².